The summed E-state index contributed by atoms with van der Waals surface area (Å²) < 4.78 is 10.9. The van der Waals surface area contributed by atoms with Crippen molar-refractivity contribution >= 4 is 34.8 Å². The van der Waals surface area contributed by atoms with E-state index < -0.39 is 0 Å². The van der Waals surface area contributed by atoms with Gasteiger partial charge in [-0.2, -0.15) is 0 Å². The smallest absolute Gasteiger partial charge is 0.257 e. The number of furan rings is 1. The molecule has 0 aliphatic rings. The van der Waals surface area contributed by atoms with Gasteiger partial charge in [-0.1, -0.05) is 19.8 Å². The molecule has 0 radical (unpaired) electrons. The molecule has 2 amide bonds. The highest BCUT2D eigenvalue weighted by Crippen LogP contribution is 2.14. The number of nitrogens with one attached hydrogen (secondary N) is 3. The zero-order valence-corrected chi connectivity index (χ0v) is 19.2. The number of carbonyl (C=O) groups excluding carboxylic acids is 2. The van der Waals surface area contributed by atoms with Crippen LogP contribution in [0.4, 0.5) is 5.69 Å². The first kappa shape index (κ1) is 24.0. The summed E-state index contributed by atoms with van der Waals surface area (Å²) in [6.45, 7) is 3.12. The predicted molar refractivity (Wildman–Crippen MR) is 131 cm³/mol. The van der Waals surface area contributed by atoms with Crippen molar-refractivity contribution in [3.63, 3.8) is 0 Å². The SMILES string of the molecule is CCCCCOc1ccc(C(=O)NC(=S)Nc2ccc(C(=O)NCc3ccco3)cc2)cc1. The number of rotatable bonds is 10. The summed E-state index contributed by atoms with van der Waals surface area (Å²) in [5.74, 6) is 0.874. The van der Waals surface area contributed by atoms with E-state index >= 15 is 0 Å². The minimum absolute atomic E-state index is 0.162. The Bertz CT molecular complexity index is 1050. The van der Waals surface area contributed by atoms with Gasteiger partial charge in [0, 0.05) is 16.8 Å². The minimum Gasteiger partial charge on any atom is -0.494 e. The molecule has 2 aromatic carbocycles. The van der Waals surface area contributed by atoms with Crippen LogP contribution in [0, 0.1) is 0 Å². The number of benzene rings is 2. The number of thiocarbonyl (C=S) groups is 1. The van der Waals surface area contributed by atoms with Gasteiger partial charge in [-0.05, 0) is 79.3 Å². The van der Waals surface area contributed by atoms with Crippen LogP contribution in [0.1, 0.15) is 52.7 Å². The summed E-state index contributed by atoms with van der Waals surface area (Å²) in [6.07, 6.45) is 4.84. The molecule has 0 atom stereocenters. The fourth-order valence-electron chi connectivity index (χ4n) is 2.97. The van der Waals surface area contributed by atoms with Crippen LogP contribution in [0.15, 0.2) is 71.3 Å². The molecule has 0 saturated carbocycles. The number of amides is 2. The van der Waals surface area contributed by atoms with Gasteiger partial charge in [0.05, 0.1) is 19.4 Å². The summed E-state index contributed by atoms with van der Waals surface area (Å²) in [4.78, 5) is 24.7. The van der Waals surface area contributed by atoms with Crippen molar-refractivity contribution in [1.82, 2.24) is 10.6 Å². The number of carbonyl (C=O) groups is 2. The summed E-state index contributed by atoms with van der Waals surface area (Å²) in [6, 6.07) is 17.3. The molecule has 33 heavy (non-hydrogen) atoms. The van der Waals surface area contributed by atoms with E-state index in [0.717, 1.165) is 25.0 Å². The van der Waals surface area contributed by atoms with Gasteiger partial charge in [-0.3, -0.25) is 14.9 Å². The molecule has 0 fully saturated rings. The third kappa shape index (κ3) is 7.76. The Morgan fingerprint density at radius 1 is 0.939 bits per heavy atom. The third-order valence-corrected chi connectivity index (χ3v) is 4.97. The van der Waals surface area contributed by atoms with Crippen molar-refractivity contribution in [3.05, 3.63) is 83.8 Å². The Hall–Kier alpha value is -3.65. The molecule has 172 valence electrons. The first-order valence-corrected chi connectivity index (χ1v) is 11.2. The molecular formula is C25H27N3O4S. The molecular weight excluding hydrogens is 438 g/mol. The van der Waals surface area contributed by atoms with Crippen molar-refractivity contribution in [2.45, 2.75) is 32.7 Å². The van der Waals surface area contributed by atoms with Crippen molar-refractivity contribution in [3.8, 4) is 5.75 Å². The molecule has 1 aromatic heterocycles. The number of anilines is 1. The highest BCUT2D eigenvalue weighted by Gasteiger charge is 2.10. The fraction of sp³-hybridized carbons (Fsp3) is 0.240. The van der Waals surface area contributed by atoms with Crippen LogP contribution in [0.2, 0.25) is 0 Å². The Morgan fingerprint density at radius 2 is 1.64 bits per heavy atom. The van der Waals surface area contributed by atoms with Crippen LogP contribution < -0.4 is 20.7 Å². The molecule has 3 rings (SSSR count). The number of hydrogen-bond acceptors (Lipinski definition) is 5. The Kier molecular flexibility index (Phi) is 9.02. The molecule has 0 aliphatic heterocycles. The van der Waals surface area contributed by atoms with Crippen LogP contribution in [0.3, 0.4) is 0 Å². The molecule has 0 bridgehead atoms. The lowest BCUT2D eigenvalue weighted by atomic mass is 10.2. The zero-order chi connectivity index (χ0) is 23.5. The van der Waals surface area contributed by atoms with Crippen LogP contribution in [-0.4, -0.2) is 23.5 Å². The Morgan fingerprint density at radius 3 is 2.30 bits per heavy atom. The molecule has 8 heteroatoms. The second kappa shape index (κ2) is 12.4. The third-order valence-electron chi connectivity index (χ3n) is 4.77. The summed E-state index contributed by atoms with van der Waals surface area (Å²) in [7, 11) is 0. The summed E-state index contributed by atoms with van der Waals surface area (Å²) in [5.41, 5.74) is 1.63. The standard InChI is InChI=1S/C25H27N3O4S/c1-2-3-4-15-31-21-13-9-19(10-14-21)24(30)28-25(33)27-20-11-7-18(8-12-20)23(29)26-17-22-6-5-16-32-22/h5-14,16H,2-4,15,17H2,1H3,(H,26,29)(H2,27,28,30,33). The van der Waals surface area contributed by atoms with Gasteiger partial charge in [-0.15, -0.1) is 0 Å². The van der Waals surface area contributed by atoms with Crippen LogP contribution in [0.5, 0.6) is 5.75 Å². The normalized spacial score (nSPS) is 10.3. The fourth-order valence-corrected chi connectivity index (χ4v) is 3.18. The van der Waals surface area contributed by atoms with Crippen LogP contribution in [0.25, 0.3) is 0 Å². The average Bonchev–Trinajstić information content (AvgIpc) is 3.35. The molecule has 0 unspecified atom stereocenters. The van der Waals surface area contributed by atoms with Gasteiger partial charge < -0.3 is 19.8 Å². The molecule has 0 saturated heterocycles. The van der Waals surface area contributed by atoms with E-state index in [-0.39, 0.29) is 16.9 Å². The van der Waals surface area contributed by atoms with E-state index in [4.69, 9.17) is 21.4 Å². The highest BCUT2D eigenvalue weighted by molar-refractivity contribution is 7.80. The lowest BCUT2D eigenvalue weighted by Crippen LogP contribution is -2.34. The molecule has 0 spiro atoms. The van der Waals surface area contributed by atoms with Gasteiger partial charge in [-0.25, -0.2) is 0 Å². The topological polar surface area (TPSA) is 92.6 Å². The average molecular weight is 466 g/mol. The van der Waals surface area contributed by atoms with E-state index in [9.17, 15) is 9.59 Å². The number of ether oxygens (including phenoxy) is 1. The maximum atomic E-state index is 12.4. The second-order valence-corrected chi connectivity index (χ2v) is 7.74. The van der Waals surface area contributed by atoms with E-state index in [2.05, 4.69) is 22.9 Å². The van der Waals surface area contributed by atoms with Crippen LogP contribution >= 0.6 is 12.2 Å². The lowest BCUT2D eigenvalue weighted by Gasteiger charge is -2.11. The molecule has 1 heterocycles. The van der Waals surface area contributed by atoms with E-state index in [1.807, 2.05) is 0 Å². The first-order chi connectivity index (χ1) is 16.0. The van der Waals surface area contributed by atoms with E-state index in [1.165, 1.54) is 0 Å². The molecule has 7 nitrogen and oxygen atoms in total. The van der Waals surface area contributed by atoms with Crippen LogP contribution in [-0.2, 0) is 6.54 Å². The van der Waals surface area contributed by atoms with Crippen molar-refractivity contribution in [2.75, 3.05) is 11.9 Å². The van der Waals surface area contributed by atoms with Gasteiger partial charge in [0.25, 0.3) is 11.8 Å². The lowest BCUT2D eigenvalue weighted by molar-refractivity contribution is 0.0946. The monoisotopic (exact) mass is 465 g/mol. The highest BCUT2D eigenvalue weighted by atomic mass is 32.1. The Balaban J connectivity index is 1.44. The van der Waals surface area contributed by atoms with E-state index in [1.54, 1.807) is 66.9 Å². The number of unbranched alkanes of at least 4 members (excludes halogenated alkanes) is 2. The van der Waals surface area contributed by atoms with Gasteiger partial charge in [0.2, 0.25) is 0 Å². The van der Waals surface area contributed by atoms with Gasteiger partial charge in [0.1, 0.15) is 11.5 Å². The minimum atomic E-state index is -0.320. The van der Waals surface area contributed by atoms with Crippen molar-refractivity contribution in [1.29, 1.82) is 0 Å². The van der Waals surface area contributed by atoms with Gasteiger partial charge >= 0.3 is 0 Å². The van der Waals surface area contributed by atoms with Crippen molar-refractivity contribution < 1.29 is 18.7 Å². The van der Waals surface area contributed by atoms with Gasteiger partial charge in [0.15, 0.2) is 5.11 Å². The zero-order valence-electron chi connectivity index (χ0n) is 18.4. The maximum absolute atomic E-state index is 12.4. The second-order valence-electron chi connectivity index (χ2n) is 7.33. The van der Waals surface area contributed by atoms with E-state index in [0.29, 0.717) is 35.7 Å². The summed E-state index contributed by atoms with van der Waals surface area (Å²) in [5, 5.41) is 8.53. The summed E-state index contributed by atoms with van der Waals surface area (Å²) >= 11 is 5.23. The number of hydrogen-bond donors (Lipinski definition) is 3. The molecule has 3 aromatic rings. The maximum Gasteiger partial charge on any atom is 0.257 e. The van der Waals surface area contributed by atoms with Crippen molar-refractivity contribution in [2.24, 2.45) is 0 Å². The largest absolute Gasteiger partial charge is 0.494 e. The molecule has 0 aliphatic carbocycles. The Labute approximate surface area is 198 Å². The predicted octanol–water partition coefficient (Wildman–Crippen LogP) is 4.91. The first-order valence-electron chi connectivity index (χ1n) is 10.8. The molecule has 3 N–H and O–H groups in total. The quantitative estimate of drug-likeness (QED) is 0.291.